The summed E-state index contributed by atoms with van der Waals surface area (Å²) in [5.41, 5.74) is 0.960. The number of halogens is 2. The molecule has 1 N–H and O–H groups in total. The van der Waals surface area contributed by atoms with Crippen LogP contribution < -0.4 is 10.1 Å². The predicted molar refractivity (Wildman–Crippen MR) is 67.7 cm³/mol. The average molecular weight is 300 g/mol. The van der Waals surface area contributed by atoms with Crippen LogP contribution in [-0.4, -0.2) is 12.6 Å². The average Bonchev–Trinajstić information content (AvgIpc) is 3.08. The molecule has 0 bridgehead atoms. The van der Waals surface area contributed by atoms with E-state index in [1.54, 1.807) is 6.07 Å². The number of nitrogens with one attached hydrogen (secondary N) is 1. The number of fused-ring (bicyclic) bond motifs is 1. The summed E-state index contributed by atoms with van der Waals surface area (Å²) in [6.45, 7) is 0.708. The minimum absolute atomic E-state index is 0.205. The minimum Gasteiger partial charge on any atom is -0.492 e. The second-order valence-electron chi connectivity index (χ2n) is 4.79. The third kappa shape index (κ3) is 2.47. The first-order valence-electron chi connectivity index (χ1n) is 6.12. The highest BCUT2D eigenvalue weighted by molar-refractivity contribution is 9.10. The van der Waals surface area contributed by atoms with Crippen molar-refractivity contribution < 1.29 is 9.13 Å². The van der Waals surface area contributed by atoms with Gasteiger partial charge < -0.3 is 10.1 Å². The van der Waals surface area contributed by atoms with Crippen molar-refractivity contribution in [1.82, 2.24) is 5.32 Å². The van der Waals surface area contributed by atoms with Gasteiger partial charge in [0.15, 0.2) is 0 Å². The summed E-state index contributed by atoms with van der Waals surface area (Å²) in [6.07, 6.45) is 4.50. The van der Waals surface area contributed by atoms with Gasteiger partial charge in [0, 0.05) is 17.6 Å². The van der Waals surface area contributed by atoms with E-state index in [9.17, 15) is 4.39 Å². The van der Waals surface area contributed by atoms with Crippen LogP contribution in [0.5, 0.6) is 5.75 Å². The lowest BCUT2D eigenvalue weighted by Crippen LogP contribution is -2.23. The van der Waals surface area contributed by atoms with Crippen molar-refractivity contribution in [2.45, 2.75) is 37.8 Å². The molecule has 0 radical (unpaired) electrons. The van der Waals surface area contributed by atoms with Crippen molar-refractivity contribution in [2.75, 3.05) is 6.61 Å². The molecule has 0 spiro atoms. The van der Waals surface area contributed by atoms with Gasteiger partial charge in [0.2, 0.25) is 0 Å². The topological polar surface area (TPSA) is 21.3 Å². The molecular weight excluding hydrogens is 285 g/mol. The maximum Gasteiger partial charge on any atom is 0.138 e. The van der Waals surface area contributed by atoms with E-state index in [4.69, 9.17) is 4.74 Å². The first kappa shape index (κ1) is 11.5. The zero-order chi connectivity index (χ0) is 11.8. The third-order valence-corrected chi connectivity index (χ3v) is 3.90. The Morgan fingerprint density at radius 3 is 2.88 bits per heavy atom. The smallest absolute Gasteiger partial charge is 0.138 e. The van der Waals surface area contributed by atoms with E-state index >= 15 is 0 Å². The molecule has 1 aliphatic carbocycles. The quantitative estimate of drug-likeness (QED) is 0.902. The highest BCUT2D eigenvalue weighted by Gasteiger charge is 2.29. The molecule has 1 saturated carbocycles. The van der Waals surface area contributed by atoms with Crippen molar-refractivity contribution in [3.63, 3.8) is 0 Å². The van der Waals surface area contributed by atoms with E-state index in [1.807, 2.05) is 0 Å². The molecular formula is C13H15BrFNO. The first-order valence-corrected chi connectivity index (χ1v) is 6.91. The molecule has 1 aliphatic heterocycles. The van der Waals surface area contributed by atoms with Crippen molar-refractivity contribution in [3.05, 3.63) is 28.0 Å². The van der Waals surface area contributed by atoms with E-state index in [0.29, 0.717) is 12.6 Å². The van der Waals surface area contributed by atoms with Crippen LogP contribution in [0.1, 0.15) is 37.3 Å². The zero-order valence-corrected chi connectivity index (χ0v) is 11.1. The van der Waals surface area contributed by atoms with Gasteiger partial charge >= 0.3 is 0 Å². The Morgan fingerprint density at radius 1 is 1.29 bits per heavy atom. The predicted octanol–water partition coefficient (Wildman–Crippen LogP) is 3.55. The Hall–Kier alpha value is -0.610. The number of benzene rings is 1. The number of hydrogen-bond acceptors (Lipinski definition) is 2. The molecule has 0 amide bonds. The Morgan fingerprint density at radius 2 is 2.12 bits per heavy atom. The van der Waals surface area contributed by atoms with E-state index in [1.165, 1.54) is 18.9 Å². The monoisotopic (exact) mass is 299 g/mol. The molecule has 2 nitrogen and oxygen atoms in total. The van der Waals surface area contributed by atoms with Gasteiger partial charge in [-0.2, -0.15) is 0 Å². The van der Waals surface area contributed by atoms with Crippen molar-refractivity contribution in [2.24, 2.45) is 0 Å². The third-order valence-electron chi connectivity index (χ3n) is 3.31. The van der Waals surface area contributed by atoms with Crippen molar-refractivity contribution in [3.8, 4) is 5.75 Å². The van der Waals surface area contributed by atoms with Crippen molar-refractivity contribution in [1.29, 1.82) is 0 Å². The molecule has 1 atom stereocenters. The number of rotatable bonds is 2. The lowest BCUT2D eigenvalue weighted by Gasteiger charge is -2.19. The van der Waals surface area contributed by atoms with Gasteiger partial charge in [0.05, 0.1) is 11.1 Å². The second-order valence-corrected chi connectivity index (χ2v) is 5.64. The standard InChI is InChI=1S/C13H15BrFNO/c14-11-7-8(15)6-10-12(16-9-3-4-9)2-1-5-17-13(10)11/h6-7,9,12,16H,1-5H2. The van der Waals surface area contributed by atoms with Gasteiger partial charge in [0.25, 0.3) is 0 Å². The van der Waals surface area contributed by atoms with Gasteiger partial charge in [-0.3, -0.25) is 0 Å². The zero-order valence-electron chi connectivity index (χ0n) is 9.51. The van der Waals surface area contributed by atoms with Gasteiger partial charge in [-0.25, -0.2) is 4.39 Å². The first-order chi connectivity index (χ1) is 8.24. The molecule has 1 aromatic rings. The molecule has 4 heteroatoms. The molecule has 1 aromatic carbocycles. The van der Waals surface area contributed by atoms with Crippen LogP contribution in [0.25, 0.3) is 0 Å². The largest absolute Gasteiger partial charge is 0.492 e. The Balaban J connectivity index is 1.97. The lowest BCUT2D eigenvalue weighted by molar-refractivity contribution is 0.313. The van der Waals surface area contributed by atoms with Crippen LogP contribution in [0.3, 0.4) is 0 Å². The summed E-state index contributed by atoms with van der Waals surface area (Å²) in [6, 6.07) is 3.92. The van der Waals surface area contributed by atoms with Crippen LogP contribution in [0, 0.1) is 5.82 Å². The second kappa shape index (κ2) is 4.58. The van der Waals surface area contributed by atoms with E-state index in [-0.39, 0.29) is 11.9 Å². The SMILES string of the molecule is Fc1cc(Br)c2c(c1)C(NC1CC1)CCCO2. The molecule has 0 saturated heterocycles. The van der Waals surface area contributed by atoms with E-state index in [0.717, 1.165) is 28.6 Å². The Bertz CT molecular complexity index is 434. The molecule has 17 heavy (non-hydrogen) atoms. The van der Waals surface area contributed by atoms with E-state index < -0.39 is 0 Å². The van der Waals surface area contributed by atoms with E-state index in [2.05, 4.69) is 21.2 Å². The Labute approximate surface area is 109 Å². The van der Waals surface area contributed by atoms with Crippen LogP contribution in [-0.2, 0) is 0 Å². The molecule has 1 fully saturated rings. The fraction of sp³-hybridized carbons (Fsp3) is 0.538. The van der Waals surface area contributed by atoms with Crippen LogP contribution in [0.2, 0.25) is 0 Å². The lowest BCUT2D eigenvalue weighted by atomic mass is 10.0. The highest BCUT2D eigenvalue weighted by Crippen LogP contribution is 2.39. The molecule has 1 heterocycles. The summed E-state index contributed by atoms with van der Waals surface area (Å²) in [5.74, 6) is 0.603. The number of hydrogen-bond donors (Lipinski definition) is 1. The fourth-order valence-corrected chi connectivity index (χ4v) is 2.88. The molecule has 3 rings (SSSR count). The maximum absolute atomic E-state index is 13.5. The van der Waals surface area contributed by atoms with Gasteiger partial charge in [-0.05, 0) is 53.7 Å². The maximum atomic E-state index is 13.5. The Kier molecular flexibility index (Phi) is 3.09. The van der Waals surface area contributed by atoms with Crippen LogP contribution in [0.15, 0.2) is 16.6 Å². The van der Waals surface area contributed by atoms with Gasteiger partial charge in [0.1, 0.15) is 11.6 Å². The van der Waals surface area contributed by atoms with Crippen molar-refractivity contribution >= 4 is 15.9 Å². The summed E-state index contributed by atoms with van der Waals surface area (Å²) in [5, 5.41) is 3.58. The molecule has 0 aromatic heterocycles. The summed E-state index contributed by atoms with van der Waals surface area (Å²) in [4.78, 5) is 0. The summed E-state index contributed by atoms with van der Waals surface area (Å²) in [7, 11) is 0. The minimum atomic E-state index is -0.205. The van der Waals surface area contributed by atoms with Gasteiger partial charge in [-0.15, -0.1) is 0 Å². The molecule has 2 aliphatic rings. The fourth-order valence-electron chi connectivity index (χ4n) is 2.32. The summed E-state index contributed by atoms with van der Waals surface area (Å²) < 4.78 is 19.9. The highest BCUT2D eigenvalue weighted by atomic mass is 79.9. The van der Waals surface area contributed by atoms with Crippen LogP contribution >= 0.6 is 15.9 Å². The summed E-state index contributed by atoms with van der Waals surface area (Å²) >= 11 is 3.38. The van der Waals surface area contributed by atoms with Gasteiger partial charge in [-0.1, -0.05) is 0 Å². The number of ether oxygens (including phenoxy) is 1. The molecule has 1 unspecified atom stereocenters. The normalized spacial score (nSPS) is 23.8. The molecule has 92 valence electrons. The van der Waals surface area contributed by atoms with Crippen LogP contribution in [0.4, 0.5) is 4.39 Å².